The van der Waals surface area contributed by atoms with Crippen LogP contribution in [0.5, 0.6) is 0 Å². The van der Waals surface area contributed by atoms with Crippen molar-refractivity contribution >= 4 is 29.0 Å². The SMILES string of the molecule is CCN1C(=O)C2CN(C(=O)c3cccc(-c4cnc5[nH]c(=O)n(C)c5c4)c3)CCN2C1=O. The first-order valence-electron chi connectivity index (χ1n) is 10.5. The summed E-state index contributed by atoms with van der Waals surface area (Å²) in [5.41, 5.74) is 2.99. The molecular formula is C22H22N6O4. The van der Waals surface area contributed by atoms with Crippen LogP contribution in [0.4, 0.5) is 4.79 Å². The van der Waals surface area contributed by atoms with Crippen LogP contribution in [0.1, 0.15) is 17.3 Å². The average Bonchev–Trinajstić information content (AvgIpc) is 3.24. The number of hydrogen-bond acceptors (Lipinski definition) is 5. The highest BCUT2D eigenvalue weighted by atomic mass is 16.2. The number of imidazole rings is 1. The Hall–Kier alpha value is -3.95. The number of hydrogen-bond donors (Lipinski definition) is 1. The minimum absolute atomic E-state index is 0.184. The van der Waals surface area contributed by atoms with Crippen molar-refractivity contribution in [3.05, 3.63) is 52.6 Å². The Balaban J connectivity index is 1.41. The van der Waals surface area contributed by atoms with Crippen LogP contribution in [0, 0.1) is 0 Å². The summed E-state index contributed by atoms with van der Waals surface area (Å²) < 4.78 is 1.49. The van der Waals surface area contributed by atoms with E-state index in [1.54, 1.807) is 48.2 Å². The van der Waals surface area contributed by atoms with Gasteiger partial charge >= 0.3 is 11.7 Å². The molecule has 2 saturated heterocycles. The van der Waals surface area contributed by atoms with Gasteiger partial charge in [0, 0.05) is 44.0 Å². The van der Waals surface area contributed by atoms with Crippen molar-refractivity contribution in [1.82, 2.24) is 29.2 Å². The minimum atomic E-state index is -0.621. The summed E-state index contributed by atoms with van der Waals surface area (Å²) in [6, 6.07) is 8.13. The average molecular weight is 434 g/mol. The second-order valence-corrected chi connectivity index (χ2v) is 7.99. The molecule has 2 fully saturated rings. The third kappa shape index (κ3) is 2.98. The number of rotatable bonds is 3. The van der Waals surface area contributed by atoms with Gasteiger partial charge in [-0.1, -0.05) is 12.1 Å². The van der Waals surface area contributed by atoms with Gasteiger partial charge in [-0.2, -0.15) is 0 Å². The summed E-state index contributed by atoms with van der Waals surface area (Å²) in [6.45, 7) is 2.98. The molecule has 32 heavy (non-hydrogen) atoms. The molecule has 1 aromatic carbocycles. The standard InChI is InChI=1S/C22H22N6O4/c1-3-27-20(30)17-12-26(7-8-28(17)22(27)32)19(29)14-6-4-5-13(9-14)15-10-16-18(23-11-15)24-21(31)25(16)2/h4-6,9-11,17H,3,7-8,12H2,1-2H3,(H,23,24,31). The van der Waals surface area contributed by atoms with Crippen LogP contribution in [0.25, 0.3) is 22.3 Å². The van der Waals surface area contributed by atoms with Gasteiger partial charge in [-0.25, -0.2) is 14.6 Å². The van der Waals surface area contributed by atoms with Gasteiger partial charge in [0.25, 0.3) is 11.8 Å². The fourth-order valence-corrected chi connectivity index (χ4v) is 4.40. The highest BCUT2D eigenvalue weighted by molar-refractivity contribution is 6.05. The number of nitrogens with one attached hydrogen (secondary N) is 1. The summed E-state index contributed by atoms with van der Waals surface area (Å²) in [4.78, 5) is 61.4. The molecule has 4 heterocycles. The molecule has 0 radical (unpaired) electrons. The van der Waals surface area contributed by atoms with Crippen LogP contribution in [-0.4, -0.2) is 79.3 Å². The lowest BCUT2D eigenvalue weighted by atomic mass is 10.0. The van der Waals surface area contributed by atoms with Crippen molar-refractivity contribution < 1.29 is 14.4 Å². The predicted octanol–water partition coefficient (Wildman–Crippen LogP) is 1.04. The number of likely N-dealkylation sites (N-methyl/N-ethyl adjacent to an activating group) is 1. The number of aromatic amines is 1. The van der Waals surface area contributed by atoms with E-state index in [1.165, 1.54) is 9.47 Å². The maximum Gasteiger partial charge on any atom is 0.327 e. The van der Waals surface area contributed by atoms with Crippen LogP contribution >= 0.6 is 0 Å². The fraction of sp³-hybridized carbons (Fsp3) is 0.318. The molecule has 2 aromatic heterocycles. The van der Waals surface area contributed by atoms with E-state index in [2.05, 4.69) is 9.97 Å². The van der Waals surface area contributed by atoms with Gasteiger partial charge in [-0.15, -0.1) is 0 Å². The Morgan fingerprint density at radius 3 is 2.75 bits per heavy atom. The van der Waals surface area contributed by atoms with Crippen molar-refractivity contribution in [2.75, 3.05) is 26.2 Å². The van der Waals surface area contributed by atoms with E-state index >= 15 is 0 Å². The molecule has 10 nitrogen and oxygen atoms in total. The van der Waals surface area contributed by atoms with Crippen molar-refractivity contribution in [2.24, 2.45) is 7.05 Å². The van der Waals surface area contributed by atoms with Gasteiger partial charge < -0.3 is 9.80 Å². The van der Waals surface area contributed by atoms with Crippen molar-refractivity contribution in [1.29, 1.82) is 0 Å². The first kappa shape index (κ1) is 20.0. The first-order chi connectivity index (χ1) is 15.4. The summed E-state index contributed by atoms with van der Waals surface area (Å²) in [5, 5.41) is 0. The number of nitrogens with zero attached hydrogens (tertiary/aromatic N) is 5. The first-order valence-corrected chi connectivity index (χ1v) is 10.5. The smallest absolute Gasteiger partial charge is 0.327 e. The van der Waals surface area contributed by atoms with Gasteiger partial charge in [-0.05, 0) is 30.7 Å². The number of imide groups is 1. The lowest BCUT2D eigenvalue weighted by molar-refractivity contribution is -0.129. The fourth-order valence-electron chi connectivity index (χ4n) is 4.40. The number of pyridine rings is 1. The molecule has 10 heteroatoms. The van der Waals surface area contributed by atoms with E-state index in [1.807, 2.05) is 12.1 Å². The zero-order valence-corrected chi connectivity index (χ0v) is 17.7. The number of carbonyl (C=O) groups is 3. The monoisotopic (exact) mass is 434 g/mol. The van der Waals surface area contributed by atoms with Crippen LogP contribution in [0.15, 0.2) is 41.3 Å². The third-order valence-corrected chi connectivity index (χ3v) is 6.21. The summed E-state index contributed by atoms with van der Waals surface area (Å²) in [5.74, 6) is -0.440. The van der Waals surface area contributed by atoms with Crippen LogP contribution < -0.4 is 5.69 Å². The second-order valence-electron chi connectivity index (χ2n) is 7.99. The quantitative estimate of drug-likeness (QED) is 0.619. The normalized spacial score (nSPS) is 18.6. The van der Waals surface area contributed by atoms with Crippen molar-refractivity contribution in [3.63, 3.8) is 0 Å². The number of aromatic nitrogens is 3. The van der Waals surface area contributed by atoms with E-state index in [0.717, 1.165) is 11.1 Å². The molecule has 0 bridgehead atoms. The number of fused-ring (bicyclic) bond motifs is 2. The topological polar surface area (TPSA) is 112 Å². The largest absolute Gasteiger partial charge is 0.334 e. The highest BCUT2D eigenvalue weighted by Gasteiger charge is 2.47. The van der Waals surface area contributed by atoms with E-state index in [9.17, 15) is 19.2 Å². The third-order valence-electron chi connectivity index (χ3n) is 6.21. The number of carbonyl (C=O) groups excluding carboxylic acids is 3. The molecule has 0 spiro atoms. The molecular weight excluding hydrogens is 412 g/mol. The Morgan fingerprint density at radius 2 is 1.97 bits per heavy atom. The Morgan fingerprint density at radius 1 is 1.16 bits per heavy atom. The molecule has 1 N–H and O–H groups in total. The van der Waals surface area contributed by atoms with Crippen molar-refractivity contribution in [2.45, 2.75) is 13.0 Å². The lowest BCUT2D eigenvalue weighted by Crippen LogP contribution is -2.54. The van der Waals surface area contributed by atoms with Crippen LogP contribution in [0.3, 0.4) is 0 Å². The number of aryl methyl sites for hydroxylation is 1. The molecule has 164 valence electrons. The summed E-state index contributed by atoms with van der Waals surface area (Å²) in [7, 11) is 1.67. The van der Waals surface area contributed by atoms with Crippen molar-refractivity contribution in [3.8, 4) is 11.1 Å². The number of urea groups is 1. The van der Waals surface area contributed by atoms with Crippen LogP contribution in [0.2, 0.25) is 0 Å². The van der Waals surface area contributed by atoms with Gasteiger partial charge in [0.05, 0.1) is 12.1 Å². The minimum Gasteiger partial charge on any atom is -0.334 e. The Bertz CT molecular complexity index is 1330. The summed E-state index contributed by atoms with van der Waals surface area (Å²) >= 11 is 0. The molecule has 5 rings (SSSR count). The Kier molecular flexibility index (Phi) is 4.58. The van der Waals surface area contributed by atoms with Gasteiger partial charge in [-0.3, -0.25) is 24.0 Å². The Labute approximate surface area is 183 Å². The van der Waals surface area contributed by atoms with E-state index < -0.39 is 6.04 Å². The second kappa shape index (κ2) is 7.33. The van der Waals surface area contributed by atoms with Crippen LogP contribution in [-0.2, 0) is 11.8 Å². The van der Waals surface area contributed by atoms with Gasteiger partial charge in [0.2, 0.25) is 0 Å². The maximum absolute atomic E-state index is 13.2. The number of amides is 4. The number of piperazine rings is 1. The van der Waals surface area contributed by atoms with E-state index in [0.29, 0.717) is 36.4 Å². The molecule has 4 amide bonds. The summed E-state index contributed by atoms with van der Waals surface area (Å²) in [6.07, 6.45) is 1.66. The van der Waals surface area contributed by atoms with Gasteiger partial charge in [0.1, 0.15) is 6.04 Å². The highest BCUT2D eigenvalue weighted by Crippen LogP contribution is 2.25. The molecule has 3 aromatic rings. The van der Waals surface area contributed by atoms with Gasteiger partial charge in [0.15, 0.2) is 5.65 Å². The lowest BCUT2D eigenvalue weighted by Gasteiger charge is -2.35. The zero-order chi connectivity index (χ0) is 22.6. The molecule has 0 aliphatic carbocycles. The molecule has 1 unspecified atom stereocenters. The molecule has 1 atom stereocenters. The maximum atomic E-state index is 13.2. The molecule has 2 aliphatic heterocycles. The zero-order valence-electron chi connectivity index (χ0n) is 17.7. The van der Waals surface area contributed by atoms with E-state index in [4.69, 9.17) is 0 Å². The number of benzene rings is 1. The molecule has 2 aliphatic rings. The number of H-pyrrole nitrogens is 1. The predicted molar refractivity (Wildman–Crippen MR) is 116 cm³/mol. The molecule has 0 saturated carbocycles. The van der Waals surface area contributed by atoms with E-state index in [-0.39, 0.29) is 30.1 Å².